The van der Waals surface area contributed by atoms with Crippen molar-refractivity contribution in [2.24, 2.45) is 5.92 Å². The second-order valence-electron chi connectivity index (χ2n) is 7.13. The number of hydrogen-bond acceptors (Lipinski definition) is 5. The summed E-state index contributed by atoms with van der Waals surface area (Å²) < 4.78 is 5.80. The highest BCUT2D eigenvalue weighted by molar-refractivity contribution is 7.19. The van der Waals surface area contributed by atoms with Gasteiger partial charge in [-0.1, -0.05) is 25.1 Å². The topological polar surface area (TPSA) is 47.0 Å². The second-order valence-corrected chi connectivity index (χ2v) is 8.21. The number of aryl methyl sites for hydroxylation is 1. The Labute approximate surface area is 151 Å². The molecule has 0 saturated carbocycles. The standard InChI is InChI=1S/C20H21N3OS/c1-12-6-7-14-17(10-12)25-20-18(14)19(21-11-22-20)23-15-8-9-24-16-5-3-2-4-13(15)16/h2-5,11-12,15H,6-10H2,1H3,(H,21,22,23). The average Bonchev–Trinajstić information content (AvgIpc) is 3.00. The normalized spacial score (nSPS) is 22.1. The zero-order valence-electron chi connectivity index (χ0n) is 14.3. The molecule has 1 aromatic carbocycles. The van der Waals surface area contributed by atoms with E-state index in [0.717, 1.165) is 41.8 Å². The number of rotatable bonds is 2. The lowest BCUT2D eigenvalue weighted by atomic mass is 9.89. The van der Waals surface area contributed by atoms with Crippen LogP contribution < -0.4 is 10.1 Å². The Kier molecular flexibility index (Phi) is 3.63. The van der Waals surface area contributed by atoms with Gasteiger partial charge in [-0.2, -0.15) is 0 Å². The van der Waals surface area contributed by atoms with Gasteiger partial charge in [0.2, 0.25) is 0 Å². The van der Waals surface area contributed by atoms with Crippen LogP contribution in [0.25, 0.3) is 10.2 Å². The summed E-state index contributed by atoms with van der Waals surface area (Å²) in [6.07, 6.45) is 6.22. The highest BCUT2D eigenvalue weighted by Gasteiger charge is 2.26. The first-order chi connectivity index (χ1) is 12.3. The molecule has 25 heavy (non-hydrogen) atoms. The molecule has 0 saturated heterocycles. The zero-order chi connectivity index (χ0) is 16.8. The fraction of sp³-hybridized carbons (Fsp3) is 0.400. The van der Waals surface area contributed by atoms with Gasteiger partial charge in [0, 0.05) is 16.9 Å². The van der Waals surface area contributed by atoms with Crippen LogP contribution in [0.1, 0.15) is 41.8 Å². The van der Waals surface area contributed by atoms with Gasteiger partial charge in [-0.05, 0) is 36.8 Å². The van der Waals surface area contributed by atoms with Crippen molar-refractivity contribution >= 4 is 27.4 Å². The van der Waals surface area contributed by atoms with Crippen LogP contribution in [0.2, 0.25) is 0 Å². The molecular weight excluding hydrogens is 330 g/mol. The average molecular weight is 351 g/mol. The van der Waals surface area contributed by atoms with Crippen LogP contribution >= 0.6 is 11.3 Å². The molecule has 0 fully saturated rings. The number of benzene rings is 1. The van der Waals surface area contributed by atoms with E-state index in [2.05, 4.69) is 34.3 Å². The largest absolute Gasteiger partial charge is 0.493 e. The van der Waals surface area contributed by atoms with E-state index in [9.17, 15) is 0 Å². The Hall–Kier alpha value is -2.14. The van der Waals surface area contributed by atoms with Gasteiger partial charge in [0.05, 0.1) is 18.0 Å². The lowest BCUT2D eigenvalue weighted by molar-refractivity contribution is 0.274. The van der Waals surface area contributed by atoms with Gasteiger partial charge in [-0.15, -0.1) is 11.3 Å². The van der Waals surface area contributed by atoms with Gasteiger partial charge in [0.15, 0.2) is 0 Å². The molecule has 2 unspecified atom stereocenters. The fourth-order valence-corrected chi connectivity index (χ4v) is 5.39. The molecule has 5 rings (SSSR count). The number of thiophene rings is 1. The first-order valence-corrected chi connectivity index (χ1v) is 9.85. The molecule has 1 N–H and O–H groups in total. The Morgan fingerprint density at radius 1 is 1.20 bits per heavy atom. The van der Waals surface area contributed by atoms with Crippen molar-refractivity contribution in [2.75, 3.05) is 11.9 Å². The molecule has 0 spiro atoms. The summed E-state index contributed by atoms with van der Waals surface area (Å²) in [6.45, 7) is 3.08. The van der Waals surface area contributed by atoms with Crippen molar-refractivity contribution in [3.8, 4) is 5.75 Å². The Morgan fingerprint density at radius 3 is 3.08 bits per heavy atom. The maximum absolute atomic E-state index is 5.80. The van der Waals surface area contributed by atoms with E-state index in [1.165, 1.54) is 34.2 Å². The van der Waals surface area contributed by atoms with Crippen molar-refractivity contribution < 1.29 is 4.74 Å². The van der Waals surface area contributed by atoms with E-state index >= 15 is 0 Å². The number of nitrogens with zero attached hydrogens (tertiary/aromatic N) is 2. The van der Waals surface area contributed by atoms with E-state index in [4.69, 9.17) is 4.74 Å². The molecule has 0 amide bonds. The van der Waals surface area contributed by atoms with Crippen LogP contribution in [0, 0.1) is 5.92 Å². The third-order valence-electron chi connectivity index (χ3n) is 5.36. The maximum atomic E-state index is 5.80. The summed E-state index contributed by atoms with van der Waals surface area (Å²) in [5.41, 5.74) is 2.69. The minimum absolute atomic E-state index is 0.237. The van der Waals surface area contributed by atoms with Crippen LogP contribution in [0.4, 0.5) is 5.82 Å². The molecule has 0 bridgehead atoms. The Bertz CT molecular complexity index is 936. The molecule has 1 aliphatic heterocycles. The molecule has 4 nitrogen and oxygen atoms in total. The summed E-state index contributed by atoms with van der Waals surface area (Å²) in [6, 6.07) is 8.54. The van der Waals surface area contributed by atoms with Crippen molar-refractivity contribution in [1.82, 2.24) is 9.97 Å². The van der Waals surface area contributed by atoms with Crippen LogP contribution in [0.5, 0.6) is 5.75 Å². The number of para-hydroxylation sites is 1. The first kappa shape index (κ1) is 15.1. The molecule has 0 radical (unpaired) electrons. The molecule has 3 aromatic rings. The van der Waals surface area contributed by atoms with Crippen LogP contribution in [0.15, 0.2) is 30.6 Å². The van der Waals surface area contributed by atoms with E-state index < -0.39 is 0 Å². The monoisotopic (exact) mass is 351 g/mol. The summed E-state index contributed by atoms with van der Waals surface area (Å²) in [7, 11) is 0. The fourth-order valence-electron chi connectivity index (χ4n) is 4.04. The molecule has 2 atom stereocenters. The highest BCUT2D eigenvalue weighted by atomic mass is 32.1. The predicted octanol–water partition coefficient (Wildman–Crippen LogP) is 4.75. The lowest BCUT2D eigenvalue weighted by Gasteiger charge is -2.27. The number of hydrogen-bond donors (Lipinski definition) is 1. The van der Waals surface area contributed by atoms with Crippen molar-refractivity contribution in [3.05, 3.63) is 46.6 Å². The number of nitrogens with one attached hydrogen (secondary N) is 1. The van der Waals surface area contributed by atoms with Gasteiger partial charge in [0.1, 0.15) is 22.7 Å². The zero-order valence-corrected chi connectivity index (χ0v) is 15.1. The Balaban J connectivity index is 1.56. The van der Waals surface area contributed by atoms with Crippen LogP contribution in [-0.2, 0) is 12.8 Å². The SMILES string of the molecule is CC1CCc2c(sc3ncnc(NC4CCOc5ccccc54)c23)C1. The van der Waals surface area contributed by atoms with E-state index in [0.29, 0.717) is 0 Å². The summed E-state index contributed by atoms with van der Waals surface area (Å²) >= 11 is 1.85. The molecular formula is C20H21N3OS. The summed E-state index contributed by atoms with van der Waals surface area (Å²) in [4.78, 5) is 11.8. The second kappa shape index (κ2) is 5.99. The molecule has 3 heterocycles. The third kappa shape index (κ3) is 2.58. The molecule has 2 aromatic heterocycles. The van der Waals surface area contributed by atoms with Gasteiger partial charge < -0.3 is 10.1 Å². The van der Waals surface area contributed by atoms with Crippen molar-refractivity contribution in [1.29, 1.82) is 0 Å². The molecule has 128 valence electrons. The predicted molar refractivity (Wildman–Crippen MR) is 102 cm³/mol. The highest BCUT2D eigenvalue weighted by Crippen LogP contribution is 2.41. The first-order valence-electron chi connectivity index (χ1n) is 9.03. The Morgan fingerprint density at radius 2 is 2.12 bits per heavy atom. The maximum Gasteiger partial charge on any atom is 0.138 e. The van der Waals surface area contributed by atoms with Gasteiger partial charge >= 0.3 is 0 Å². The van der Waals surface area contributed by atoms with Gasteiger partial charge in [0.25, 0.3) is 0 Å². The van der Waals surface area contributed by atoms with Crippen LogP contribution in [0.3, 0.4) is 0 Å². The van der Waals surface area contributed by atoms with E-state index in [-0.39, 0.29) is 6.04 Å². The van der Waals surface area contributed by atoms with Crippen molar-refractivity contribution in [3.63, 3.8) is 0 Å². The quantitative estimate of drug-likeness (QED) is 0.724. The molecule has 2 aliphatic rings. The summed E-state index contributed by atoms with van der Waals surface area (Å²) in [5.74, 6) is 2.74. The van der Waals surface area contributed by atoms with Gasteiger partial charge in [-0.3, -0.25) is 0 Å². The minimum atomic E-state index is 0.237. The third-order valence-corrected chi connectivity index (χ3v) is 6.52. The number of fused-ring (bicyclic) bond motifs is 4. The smallest absolute Gasteiger partial charge is 0.138 e. The molecule has 5 heteroatoms. The number of anilines is 1. The van der Waals surface area contributed by atoms with E-state index in [1.54, 1.807) is 6.33 Å². The van der Waals surface area contributed by atoms with Crippen LogP contribution in [-0.4, -0.2) is 16.6 Å². The minimum Gasteiger partial charge on any atom is -0.493 e. The van der Waals surface area contributed by atoms with Crippen molar-refractivity contribution in [2.45, 2.75) is 38.6 Å². The molecule has 1 aliphatic carbocycles. The van der Waals surface area contributed by atoms with E-state index in [1.807, 2.05) is 23.5 Å². The van der Waals surface area contributed by atoms with Gasteiger partial charge in [-0.25, -0.2) is 9.97 Å². The number of aromatic nitrogens is 2. The lowest BCUT2D eigenvalue weighted by Crippen LogP contribution is -2.21. The number of ether oxygens (including phenoxy) is 1. The summed E-state index contributed by atoms with van der Waals surface area (Å²) in [5, 5.41) is 4.95.